The molecular weight excluding hydrogens is 478 g/mol. The van der Waals surface area contributed by atoms with E-state index in [2.05, 4.69) is 5.32 Å². The van der Waals surface area contributed by atoms with E-state index in [1.54, 1.807) is 42.5 Å². The topological polar surface area (TPSA) is 92.6 Å². The molecule has 0 unspecified atom stereocenters. The van der Waals surface area contributed by atoms with Crippen LogP contribution in [0.4, 0.5) is 5.69 Å². The third kappa shape index (κ3) is 7.65. The van der Waals surface area contributed by atoms with Gasteiger partial charge in [0.25, 0.3) is 5.69 Å². The molecule has 0 spiro atoms. The fraction of sp³-hybridized carbons (Fsp3) is 0.286. The zero-order valence-corrected chi connectivity index (χ0v) is 21.4. The molecule has 0 saturated heterocycles. The van der Waals surface area contributed by atoms with Crippen molar-refractivity contribution in [1.29, 1.82) is 0 Å². The van der Waals surface area contributed by atoms with Crippen molar-refractivity contribution >= 4 is 29.1 Å². The first-order valence-electron chi connectivity index (χ1n) is 11.7. The van der Waals surface area contributed by atoms with E-state index >= 15 is 0 Å². The number of nitrogens with one attached hydrogen (secondary N) is 1. The smallest absolute Gasteiger partial charge is 0.273 e. The van der Waals surface area contributed by atoms with E-state index in [0.717, 1.165) is 11.1 Å². The Bertz CT molecular complexity index is 1210. The molecule has 1 atom stereocenters. The van der Waals surface area contributed by atoms with Crippen LogP contribution >= 0.6 is 11.6 Å². The number of amides is 2. The monoisotopic (exact) mass is 507 g/mol. The summed E-state index contributed by atoms with van der Waals surface area (Å²) in [4.78, 5) is 39.9. The van der Waals surface area contributed by atoms with Gasteiger partial charge in [0.05, 0.1) is 11.3 Å². The van der Waals surface area contributed by atoms with Gasteiger partial charge >= 0.3 is 0 Å². The first kappa shape index (κ1) is 26.9. The Morgan fingerprint density at radius 2 is 1.56 bits per heavy atom. The minimum Gasteiger partial charge on any atom is -0.350 e. The Morgan fingerprint density at radius 3 is 2.17 bits per heavy atom. The molecule has 0 saturated carbocycles. The molecule has 7 nitrogen and oxygen atoms in total. The number of benzene rings is 3. The summed E-state index contributed by atoms with van der Waals surface area (Å²) in [6, 6.07) is 21.8. The van der Waals surface area contributed by atoms with Gasteiger partial charge in [-0.25, -0.2) is 0 Å². The second-order valence-corrected chi connectivity index (χ2v) is 10.1. The second kappa shape index (κ2) is 11.8. The Balaban J connectivity index is 2.02. The fourth-order valence-electron chi connectivity index (χ4n) is 3.90. The van der Waals surface area contributed by atoms with Crippen molar-refractivity contribution in [2.24, 2.45) is 0 Å². The number of carbonyl (C=O) groups is 2. The summed E-state index contributed by atoms with van der Waals surface area (Å²) in [6.07, 6.45) is 0.0811. The minimum absolute atomic E-state index is 0.129. The lowest BCUT2D eigenvalue weighted by atomic mass is 9.99. The van der Waals surface area contributed by atoms with Crippen molar-refractivity contribution in [1.82, 2.24) is 10.2 Å². The fourth-order valence-corrected chi connectivity index (χ4v) is 4.02. The van der Waals surface area contributed by atoms with Crippen molar-refractivity contribution in [3.05, 3.63) is 111 Å². The van der Waals surface area contributed by atoms with Crippen molar-refractivity contribution in [3.8, 4) is 0 Å². The molecule has 36 heavy (non-hydrogen) atoms. The first-order valence-corrected chi connectivity index (χ1v) is 12.0. The van der Waals surface area contributed by atoms with E-state index < -0.39 is 16.5 Å². The normalized spacial score (nSPS) is 12.0. The summed E-state index contributed by atoms with van der Waals surface area (Å²) in [5, 5.41) is 15.1. The number of hydrogen-bond acceptors (Lipinski definition) is 4. The van der Waals surface area contributed by atoms with Crippen LogP contribution < -0.4 is 5.32 Å². The summed E-state index contributed by atoms with van der Waals surface area (Å²) in [5.74, 6) is -0.680. The average Bonchev–Trinajstić information content (AvgIpc) is 2.82. The molecule has 0 fully saturated rings. The number of nitrogens with zero attached hydrogens (tertiary/aromatic N) is 2. The van der Waals surface area contributed by atoms with Gasteiger partial charge in [-0.1, -0.05) is 72.3 Å². The lowest BCUT2D eigenvalue weighted by molar-refractivity contribution is -0.385. The van der Waals surface area contributed by atoms with Crippen LogP contribution in [0.2, 0.25) is 5.02 Å². The molecule has 0 radical (unpaired) electrons. The largest absolute Gasteiger partial charge is 0.350 e. The van der Waals surface area contributed by atoms with Crippen LogP contribution in [0.25, 0.3) is 0 Å². The van der Waals surface area contributed by atoms with Crippen LogP contribution in [-0.4, -0.2) is 33.2 Å². The maximum Gasteiger partial charge on any atom is 0.273 e. The van der Waals surface area contributed by atoms with Crippen LogP contribution in [0.3, 0.4) is 0 Å². The van der Waals surface area contributed by atoms with Crippen molar-refractivity contribution in [2.75, 3.05) is 0 Å². The highest BCUT2D eigenvalue weighted by atomic mass is 35.5. The predicted octanol–water partition coefficient (Wildman–Crippen LogP) is 5.35. The van der Waals surface area contributed by atoms with Crippen LogP contribution in [0.1, 0.15) is 37.5 Å². The summed E-state index contributed by atoms with van der Waals surface area (Å²) in [5.41, 5.74) is 1.33. The summed E-state index contributed by atoms with van der Waals surface area (Å²) in [7, 11) is 0. The maximum absolute atomic E-state index is 13.8. The highest BCUT2D eigenvalue weighted by Gasteiger charge is 2.33. The number of hydrogen-bond donors (Lipinski definition) is 1. The minimum atomic E-state index is -0.836. The van der Waals surface area contributed by atoms with Crippen LogP contribution in [-0.2, 0) is 29.0 Å². The molecule has 0 aliphatic heterocycles. The lowest BCUT2D eigenvalue weighted by Gasteiger charge is -2.34. The second-order valence-electron chi connectivity index (χ2n) is 9.66. The van der Waals surface area contributed by atoms with Gasteiger partial charge in [-0.05, 0) is 44.0 Å². The molecular formula is C28H30ClN3O4. The third-order valence-electron chi connectivity index (χ3n) is 5.57. The number of carbonyl (C=O) groups excluding carboxylic acids is 2. The quantitative estimate of drug-likeness (QED) is 0.312. The van der Waals surface area contributed by atoms with E-state index in [0.29, 0.717) is 17.0 Å². The summed E-state index contributed by atoms with van der Waals surface area (Å²) in [6.45, 7) is 5.78. The zero-order chi connectivity index (χ0) is 26.3. The number of halogens is 1. The predicted molar refractivity (Wildman–Crippen MR) is 141 cm³/mol. The average molecular weight is 508 g/mol. The number of nitro groups is 1. The Labute approximate surface area is 216 Å². The molecule has 0 aliphatic carbocycles. The van der Waals surface area contributed by atoms with Crippen molar-refractivity contribution < 1.29 is 14.5 Å². The van der Waals surface area contributed by atoms with Gasteiger partial charge in [0.2, 0.25) is 11.8 Å². The molecule has 2 amide bonds. The van der Waals surface area contributed by atoms with Gasteiger partial charge in [-0.2, -0.15) is 0 Å². The van der Waals surface area contributed by atoms with Gasteiger partial charge in [-0.15, -0.1) is 0 Å². The maximum atomic E-state index is 13.8. The Kier molecular flexibility index (Phi) is 8.83. The SMILES string of the molecule is CC(C)(C)NC(=O)[C@H](Cc1ccccc1)N(Cc1ccc(Cl)cc1)C(=O)Cc1ccccc1[N+](=O)[O-]. The molecule has 3 rings (SSSR count). The first-order chi connectivity index (χ1) is 17.0. The van der Waals surface area contributed by atoms with Gasteiger partial charge in [0, 0.05) is 35.2 Å². The molecule has 188 valence electrons. The summed E-state index contributed by atoms with van der Waals surface area (Å²) < 4.78 is 0. The molecule has 0 aliphatic rings. The molecule has 3 aromatic carbocycles. The van der Waals surface area contributed by atoms with E-state index in [1.807, 2.05) is 51.1 Å². The number of para-hydroxylation sites is 1. The van der Waals surface area contributed by atoms with E-state index in [1.165, 1.54) is 11.0 Å². The lowest BCUT2D eigenvalue weighted by Crippen LogP contribution is -2.54. The highest BCUT2D eigenvalue weighted by molar-refractivity contribution is 6.30. The molecule has 0 heterocycles. The van der Waals surface area contributed by atoms with Crippen molar-refractivity contribution in [2.45, 2.75) is 51.7 Å². The third-order valence-corrected chi connectivity index (χ3v) is 5.82. The molecule has 0 aromatic heterocycles. The van der Waals surface area contributed by atoms with E-state index in [9.17, 15) is 19.7 Å². The molecule has 1 N–H and O–H groups in total. The Morgan fingerprint density at radius 1 is 0.944 bits per heavy atom. The van der Waals surface area contributed by atoms with Crippen LogP contribution in [0.5, 0.6) is 0 Å². The van der Waals surface area contributed by atoms with Gasteiger partial charge in [-0.3, -0.25) is 19.7 Å². The Hall–Kier alpha value is -3.71. The molecule has 8 heteroatoms. The van der Waals surface area contributed by atoms with E-state index in [4.69, 9.17) is 11.6 Å². The number of nitro benzene ring substituents is 1. The van der Waals surface area contributed by atoms with Gasteiger partial charge < -0.3 is 10.2 Å². The van der Waals surface area contributed by atoms with Crippen molar-refractivity contribution in [3.63, 3.8) is 0 Å². The van der Waals surface area contributed by atoms with E-state index in [-0.39, 0.29) is 30.5 Å². The standard InChI is InChI=1S/C28H30ClN3O4/c1-28(2,3)30-27(34)25(17-20-9-5-4-6-10-20)31(19-21-13-15-23(29)16-14-21)26(33)18-22-11-7-8-12-24(22)32(35)36/h4-16,25H,17-19H2,1-3H3,(H,30,34)/t25-/m0/s1. The summed E-state index contributed by atoms with van der Waals surface area (Å²) >= 11 is 6.05. The van der Waals surface area contributed by atoms with Crippen LogP contribution in [0.15, 0.2) is 78.9 Å². The highest BCUT2D eigenvalue weighted by Crippen LogP contribution is 2.22. The van der Waals surface area contributed by atoms with Crippen LogP contribution in [0, 0.1) is 10.1 Å². The number of rotatable bonds is 9. The molecule has 3 aromatic rings. The van der Waals surface area contributed by atoms with Gasteiger partial charge in [0.1, 0.15) is 6.04 Å². The van der Waals surface area contributed by atoms with Gasteiger partial charge in [0.15, 0.2) is 0 Å². The zero-order valence-electron chi connectivity index (χ0n) is 20.6. The molecule has 0 bridgehead atoms.